The minimum absolute atomic E-state index is 0.0234. The van der Waals surface area contributed by atoms with Gasteiger partial charge in [-0.1, -0.05) is 5.21 Å². The molecule has 1 fully saturated rings. The van der Waals surface area contributed by atoms with E-state index in [0.717, 1.165) is 36.1 Å². The first-order valence-electron chi connectivity index (χ1n) is 8.08. The highest BCUT2D eigenvalue weighted by Gasteiger charge is 2.30. The smallest absolute Gasteiger partial charge is 0.255 e. The van der Waals surface area contributed by atoms with Crippen molar-refractivity contribution in [2.24, 2.45) is 7.05 Å². The molecule has 1 aliphatic heterocycles. The Morgan fingerprint density at radius 2 is 2.29 bits per heavy atom. The van der Waals surface area contributed by atoms with Crippen LogP contribution < -0.4 is 0 Å². The first-order valence-corrected chi connectivity index (χ1v) is 8.08. The van der Waals surface area contributed by atoms with Crippen molar-refractivity contribution in [2.45, 2.75) is 32.4 Å². The van der Waals surface area contributed by atoms with Gasteiger partial charge in [0.1, 0.15) is 0 Å². The maximum Gasteiger partial charge on any atom is 0.255 e. The van der Waals surface area contributed by atoms with Crippen LogP contribution >= 0.6 is 0 Å². The molecule has 0 spiro atoms. The molecule has 1 aliphatic rings. The van der Waals surface area contributed by atoms with Crippen molar-refractivity contribution < 1.29 is 4.79 Å². The van der Waals surface area contributed by atoms with Crippen LogP contribution in [0.15, 0.2) is 24.7 Å². The summed E-state index contributed by atoms with van der Waals surface area (Å²) in [6.45, 7) is 3.37. The number of aryl methyl sites for hydroxylation is 2. The average Bonchev–Trinajstić information content (AvgIpc) is 3.30. The first-order chi connectivity index (χ1) is 11.6. The summed E-state index contributed by atoms with van der Waals surface area (Å²) in [6, 6.07) is 2.04. The van der Waals surface area contributed by atoms with Crippen LogP contribution in [-0.4, -0.2) is 53.2 Å². The highest BCUT2D eigenvalue weighted by Crippen LogP contribution is 2.23. The van der Waals surface area contributed by atoms with Crippen LogP contribution in [0.3, 0.4) is 0 Å². The number of carbonyl (C=O) groups is 1. The van der Waals surface area contributed by atoms with E-state index in [4.69, 9.17) is 0 Å². The summed E-state index contributed by atoms with van der Waals surface area (Å²) >= 11 is 0. The third-order valence-electron chi connectivity index (χ3n) is 4.62. The van der Waals surface area contributed by atoms with Gasteiger partial charge >= 0.3 is 0 Å². The maximum absolute atomic E-state index is 13.0. The van der Waals surface area contributed by atoms with Gasteiger partial charge in [-0.2, -0.15) is 5.10 Å². The van der Waals surface area contributed by atoms with Crippen LogP contribution in [-0.2, 0) is 13.6 Å². The molecule has 8 nitrogen and oxygen atoms in total. The van der Waals surface area contributed by atoms with Crippen LogP contribution in [0.5, 0.6) is 0 Å². The number of hydrogen-bond acceptors (Lipinski definition) is 5. The Kier molecular flexibility index (Phi) is 3.51. The second-order valence-electron chi connectivity index (χ2n) is 6.22. The molecule has 1 amide bonds. The molecule has 4 heterocycles. The molecule has 1 saturated heterocycles. The highest BCUT2D eigenvalue weighted by atomic mass is 16.2. The molecular formula is C16H19N7O. The van der Waals surface area contributed by atoms with Gasteiger partial charge in [0.2, 0.25) is 0 Å². The zero-order valence-corrected chi connectivity index (χ0v) is 13.8. The van der Waals surface area contributed by atoms with Crippen LogP contribution in [0.1, 0.15) is 28.9 Å². The molecule has 4 rings (SSSR count). The molecule has 0 saturated carbocycles. The predicted molar refractivity (Wildman–Crippen MR) is 87.3 cm³/mol. The molecule has 8 heteroatoms. The van der Waals surface area contributed by atoms with E-state index >= 15 is 0 Å². The minimum atomic E-state index is 0.0234. The van der Waals surface area contributed by atoms with E-state index in [-0.39, 0.29) is 11.9 Å². The summed E-state index contributed by atoms with van der Waals surface area (Å²) in [4.78, 5) is 19.3. The van der Waals surface area contributed by atoms with E-state index in [2.05, 4.69) is 20.4 Å². The molecule has 0 bridgehead atoms. The van der Waals surface area contributed by atoms with Crippen molar-refractivity contribution in [2.75, 3.05) is 6.54 Å². The normalized spacial score (nSPS) is 17.8. The Morgan fingerprint density at radius 3 is 3.08 bits per heavy atom. The molecule has 0 aromatic carbocycles. The lowest BCUT2D eigenvalue weighted by molar-refractivity contribution is 0.0721. The Labute approximate surface area is 139 Å². The van der Waals surface area contributed by atoms with Crippen molar-refractivity contribution >= 4 is 16.9 Å². The van der Waals surface area contributed by atoms with E-state index in [1.165, 1.54) is 0 Å². The predicted octanol–water partition coefficient (Wildman–Crippen LogP) is 1.17. The van der Waals surface area contributed by atoms with Crippen LogP contribution in [0.2, 0.25) is 0 Å². The van der Waals surface area contributed by atoms with E-state index in [9.17, 15) is 4.79 Å². The van der Waals surface area contributed by atoms with Crippen molar-refractivity contribution in [1.82, 2.24) is 34.7 Å². The van der Waals surface area contributed by atoms with Gasteiger partial charge in [-0.05, 0) is 25.8 Å². The fourth-order valence-electron chi connectivity index (χ4n) is 3.43. The molecule has 3 aromatic heterocycles. The number of likely N-dealkylation sites (tertiary alicyclic amines) is 1. The molecular weight excluding hydrogens is 306 g/mol. The number of carbonyl (C=O) groups excluding carboxylic acids is 1. The molecule has 124 valence electrons. The second kappa shape index (κ2) is 5.70. The highest BCUT2D eigenvalue weighted by molar-refractivity contribution is 5.97. The summed E-state index contributed by atoms with van der Waals surface area (Å²) < 4.78 is 3.52. The zero-order valence-electron chi connectivity index (χ0n) is 13.8. The van der Waals surface area contributed by atoms with Gasteiger partial charge in [-0.25, -0.2) is 4.98 Å². The third kappa shape index (κ3) is 2.44. The summed E-state index contributed by atoms with van der Waals surface area (Å²) in [5.41, 5.74) is 2.30. The average molecular weight is 325 g/mol. The Bertz CT molecular complexity index is 883. The van der Waals surface area contributed by atoms with Gasteiger partial charge in [0.15, 0.2) is 5.65 Å². The summed E-state index contributed by atoms with van der Waals surface area (Å²) in [6.07, 6.45) is 7.12. The summed E-state index contributed by atoms with van der Waals surface area (Å²) in [5.74, 6) is 0.0234. The Balaban J connectivity index is 1.61. The standard InChI is InChI=1S/C16H19N7O/c1-11-14-8-12(9-17-15(14)21(2)19-11)16(24)23-6-3-4-13(23)10-22-7-5-18-20-22/h5,7-9,13H,3-4,6,10H2,1-2H3/t13-/m0/s1. The number of rotatable bonds is 3. The van der Waals surface area contributed by atoms with E-state index in [1.807, 2.05) is 31.1 Å². The van der Waals surface area contributed by atoms with Crippen LogP contribution in [0.4, 0.5) is 0 Å². The minimum Gasteiger partial charge on any atom is -0.334 e. The topological polar surface area (TPSA) is 81.7 Å². The fourth-order valence-corrected chi connectivity index (χ4v) is 3.43. The lowest BCUT2D eigenvalue weighted by Crippen LogP contribution is -2.38. The zero-order chi connectivity index (χ0) is 16.7. The number of hydrogen-bond donors (Lipinski definition) is 0. The summed E-state index contributed by atoms with van der Waals surface area (Å²) in [5, 5.41) is 13.1. The van der Waals surface area contributed by atoms with Crippen LogP contribution in [0, 0.1) is 6.92 Å². The van der Waals surface area contributed by atoms with Crippen molar-refractivity contribution in [3.63, 3.8) is 0 Å². The monoisotopic (exact) mass is 325 g/mol. The lowest BCUT2D eigenvalue weighted by atomic mass is 10.1. The maximum atomic E-state index is 13.0. The van der Waals surface area contributed by atoms with Crippen LogP contribution in [0.25, 0.3) is 11.0 Å². The number of nitrogens with zero attached hydrogens (tertiary/aromatic N) is 7. The molecule has 0 aliphatic carbocycles. The fraction of sp³-hybridized carbons (Fsp3) is 0.438. The number of pyridine rings is 1. The van der Waals surface area contributed by atoms with E-state index in [1.54, 1.807) is 21.8 Å². The van der Waals surface area contributed by atoms with Crippen molar-refractivity contribution in [1.29, 1.82) is 0 Å². The van der Waals surface area contributed by atoms with Crippen molar-refractivity contribution in [3.05, 3.63) is 35.9 Å². The van der Waals surface area contributed by atoms with E-state index in [0.29, 0.717) is 12.1 Å². The molecule has 24 heavy (non-hydrogen) atoms. The van der Waals surface area contributed by atoms with Gasteiger partial charge in [-0.15, -0.1) is 5.10 Å². The van der Waals surface area contributed by atoms with Gasteiger partial charge in [0.25, 0.3) is 5.91 Å². The largest absolute Gasteiger partial charge is 0.334 e. The Hall–Kier alpha value is -2.77. The number of amides is 1. The van der Waals surface area contributed by atoms with Gasteiger partial charge in [-0.3, -0.25) is 14.2 Å². The lowest BCUT2D eigenvalue weighted by Gasteiger charge is -2.24. The SMILES string of the molecule is Cc1nn(C)c2ncc(C(=O)N3CCC[C@H]3Cn3ccnn3)cc12. The molecule has 0 unspecified atom stereocenters. The number of aromatic nitrogens is 6. The van der Waals surface area contributed by atoms with Crippen molar-refractivity contribution in [3.8, 4) is 0 Å². The third-order valence-corrected chi connectivity index (χ3v) is 4.62. The van der Waals surface area contributed by atoms with Gasteiger partial charge in [0, 0.05) is 31.4 Å². The number of fused-ring (bicyclic) bond motifs is 1. The molecule has 1 atom stereocenters. The summed E-state index contributed by atoms with van der Waals surface area (Å²) in [7, 11) is 1.86. The Morgan fingerprint density at radius 1 is 1.42 bits per heavy atom. The molecule has 0 radical (unpaired) electrons. The van der Waals surface area contributed by atoms with Gasteiger partial charge in [0.05, 0.1) is 30.0 Å². The second-order valence-corrected chi connectivity index (χ2v) is 6.22. The molecule has 0 N–H and O–H groups in total. The quantitative estimate of drug-likeness (QED) is 0.722. The molecule has 3 aromatic rings. The van der Waals surface area contributed by atoms with E-state index < -0.39 is 0 Å². The van der Waals surface area contributed by atoms with Gasteiger partial charge < -0.3 is 4.90 Å². The first kappa shape index (κ1) is 14.8.